The third-order valence-electron chi connectivity index (χ3n) is 4.27. The SMILES string of the molecule is COC1(C)CCCN(CCC(O)c2ccc(Br)cc2Cl)C1. The average Bonchev–Trinajstić information content (AvgIpc) is 2.45. The Morgan fingerprint density at radius 3 is 2.95 bits per heavy atom. The van der Waals surface area contributed by atoms with Crippen LogP contribution in [0.2, 0.25) is 5.02 Å². The molecule has 2 unspecified atom stereocenters. The number of hydrogen-bond acceptors (Lipinski definition) is 3. The average molecular weight is 377 g/mol. The van der Waals surface area contributed by atoms with E-state index in [1.165, 1.54) is 0 Å². The first kappa shape index (κ1) is 17.2. The molecule has 1 aliphatic heterocycles. The zero-order chi connectivity index (χ0) is 15.5. The van der Waals surface area contributed by atoms with Crippen molar-refractivity contribution >= 4 is 27.5 Å². The van der Waals surface area contributed by atoms with Crippen LogP contribution in [-0.2, 0) is 4.74 Å². The molecule has 0 aromatic heterocycles. The summed E-state index contributed by atoms with van der Waals surface area (Å²) in [5, 5.41) is 11.0. The summed E-state index contributed by atoms with van der Waals surface area (Å²) in [6.07, 6.45) is 2.39. The van der Waals surface area contributed by atoms with E-state index in [0.717, 1.165) is 42.5 Å². The number of piperidine rings is 1. The molecule has 0 amide bonds. The fourth-order valence-corrected chi connectivity index (χ4v) is 3.70. The molecule has 1 N–H and O–H groups in total. The van der Waals surface area contributed by atoms with Crippen LogP contribution in [0.3, 0.4) is 0 Å². The van der Waals surface area contributed by atoms with Gasteiger partial charge < -0.3 is 14.7 Å². The zero-order valence-electron chi connectivity index (χ0n) is 12.6. The Morgan fingerprint density at radius 2 is 2.29 bits per heavy atom. The Balaban J connectivity index is 1.90. The number of ether oxygens (including phenoxy) is 1. The van der Waals surface area contributed by atoms with Crippen molar-refractivity contribution in [1.82, 2.24) is 4.90 Å². The molecule has 1 fully saturated rings. The number of halogens is 2. The van der Waals surface area contributed by atoms with Gasteiger partial charge in [-0.2, -0.15) is 0 Å². The van der Waals surface area contributed by atoms with Gasteiger partial charge in [-0.25, -0.2) is 0 Å². The van der Waals surface area contributed by atoms with E-state index in [1.807, 2.05) is 18.2 Å². The highest BCUT2D eigenvalue weighted by Gasteiger charge is 2.30. The van der Waals surface area contributed by atoms with Crippen LogP contribution in [0.15, 0.2) is 22.7 Å². The normalized spacial score (nSPS) is 25.0. The van der Waals surface area contributed by atoms with Gasteiger partial charge in [0, 0.05) is 29.7 Å². The number of methoxy groups -OCH3 is 1. The van der Waals surface area contributed by atoms with Gasteiger partial charge in [-0.15, -0.1) is 0 Å². The Labute approximate surface area is 140 Å². The quantitative estimate of drug-likeness (QED) is 0.842. The molecule has 1 aromatic carbocycles. The summed E-state index contributed by atoms with van der Waals surface area (Å²) in [7, 11) is 1.78. The van der Waals surface area contributed by atoms with Crippen molar-refractivity contribution in [2.45, 2.75) is 37.9 Å². The van der Waals surface area contributed by atoms with Crippen LogP contribution < -0.4 is 0 Å². The van der Waals surface area contributed by atoms with Gasteiger partial charge in [0.2, 0.25) is 0 Å². The molecule has 0 spiro atoms. The van der Waals surface area contributed by atoms with Crippen molar-refractivity contribution in [3.05, 3.63) is 33.3 Å². The predicted octanol–water partition coefficient (Wildman–Crippen LogP) is 4.03. The molecule has 0 radical (unpaired) electrons. The van der Waals surface area contributed by atoms with Crippen LogP contribution in [-0.4, -0.2) is 42.4 Å². The van der Waals surface area contributed by atoms with Gasteiger partial charge in [-0.1, -0.05) is 33.6 Å². The van der Waals surface area contributed by atoms with Gasteiger partial charge in [-0.05, 0) is 50.4 Å². The van der Waals surface area contributed by atoms with E-state index < -0.39 is 6.10 Å². The maximum atomic E-state index is 10.4. The molecule has 0 saturated carbocycles. The molecular formula is C16H23BrClNO2. The van der Waals surface area contributed by atoms with E-state index >= 15 is 0 Å². The minimum atomic E-state index is -0.527. The molecule has 1 saturated heterocycles. The largest absolute Gasteiger partial charge is 0.388 e. The van der Waals surface area contributed by atoms with E-state index in [1.54, 1.807) is 7.11 Å². The second-order valence-corrected chi connectivity index (χ2v) is 7.33. The molecule has 1 aliphatic rings. The molecular weight excluding hydrogens is 354 g/mol. The molecule has 3 nitrogen and oxygen atoms in total. The molecule has 0 aliphatic carbocycles. The monoisotopic (exact) mass is 375 g/mol. The number of aliphatic hydroxyl groups is 1. The first-order chi connectivity index (χ1) is 9.93. The summed E-state index contributed by atoms with van der Waals surface area (Å²) >= 11 is 9.57. The molecule has 118 valence electrons. The fourth-order valence-electron chi connectivity index (χ4n) is 2.90. The van der Waals surface area contributed by atoms with E-state index in [9.17, 15) is 5.11 Å². The van der Waals surface area contributed by atoms with Crippen LogP contribution in [0, 0.1) is 0 Å². The van der Waals surface area contributed by atoms with E-state index in [-0.39, 0.29) is 5.60 Å². The summed E-state index contributed by atoms with van der Waals surface area (Å²) in [5.74, 6) is 0. The lowest BCUT2D eigenvalue weighted by molar-refractivity contribution is -0.0528. The highest BCUT2D eigenvalue weighted by atomic mass is 79.9. The van der Waals surface area contributed by atoms with Crippen molar-refractivity contribution in [3.63, 3.8) is 0 Å². The Morgan fingerprint density at radius 1 is 1.52 bits per heavy atom. The Bertz CT molecular complexity index is 485. The topological polar surface area (TPSA) is 32.7 Å². The van der Waals surface area contributed by atoms with Gasteiger partial charge in [0.15, 0.2) is 0 Å². The molecule has 2 rings (SSSR count). The minimum Gasteiger partial charge on any atom is -0.388 e. The van der Waals surface area contributed by atoms with Gasteiger partial charge in [0.25, 0.3) is 0 Å². The lowest BCUT2D eigenvalue weighted by atomic mass is 9.94. The number of likely N-dealkylation sites (tertiary alicyclic amines) is 1. The highest BCUT2D eigenvalue weighted by Crippen LogP contribution is 2.29. The van der Waals surface area contributed by atoms with Crippen molar-refractivity contribution in [1.29, 1.82) is 0 Å². The van der Waals surface area contributed by atoms with Crippen LogP contribution in [0.5, 0.6) is 0 Å². The van der Waals surface area contributed by atoms with Gasteiger partial charge in [0.1, 0.15) is 0 Å². The summed E-state index contributed by atoms with van der Waals surface area (Å²) in [6, 6.07) is 5.61. The van der Waals surface area contributed by atoms with Crippen LogP contribution >= 0.6 is 27.5 Å². The Kier molecular flexibility index (Phi) is 6.09. The van der Waals surface area contributed by atoms with Crippen molar-refractivity contribution in [2.75, 3.05) is 26.7 Å². The fraction of sp³-hybridized carbons (Fsp3) is 0.625. The minimum absolute atomic E-state index is 0.0571. The van der Waals surface area contributed by atoms with E-state index in [4.69, 9.17) is 16.3 Å². The standard InChI is InChI=1S/C16H23BrClNO2/c1-16(21-2)7-3-8-19(11-16)9-6-15(20)13-5-4-12(17)10-14(13)18/h4-5,10,15,20H,3,6-9,11H2,1-2H3. The van der Waals surface area contributed by atoms with Crippen molar-refractivity contribution in [3.8, 4) is 0 Å². The van der Waals surface area contributed by atoms with Crippen LogP contribution in [0.1, 0.15) is 37.9 Å². The highest BCUT2D eigenvalue weighted by molar-refractivity contribution is 9.10. The maximum absolute atomic E-state index is 10.4. The van der Waals surface area contributed by atoms with Gasteiger partial charge >= 0.3 is 0 Å². The summed E-state index contributed by atoms with van der Waals surface area (Å²) < 4.78 is 6.53. The second kappa shape index (κ2) is 7.42. The number of nitrogens with zero attached hydrogens (tertiary/aromatic N) is 1. The molecule has 21 heavy (non-hydrogen) atoms. The van der Waals surface area contributed by atoms with Crippen LogP contribution in [0.4, 0.5) is 0 Å². The van der Waals surface area contributed by atoms with Crippen molar-refractivity contribution in [2.24, 2.45) is 0 Å². The lowest BCUT2D eigenvalue weighted by Gasteiger charge is -2.39. The third kappa shape index (κ3) is 4.67. The molecule has 5 heteroatoms. The van der Waals surface area contributed by atoms with Crippen LogP contribution in [0.25, 0.3) is 0 Å². The number of hydrogen-bond donors (Lipinski definition) is 1. The molecule has 1 heterocycles. The zero-order valence-corrected chi connectivity index (χ0v) is 15.0. The lowest BCUT2D eigenvalue weighted by Crippen LogP contribution is -2.47. The Hall–Kier alpha value is -0.130. The van der Waals surface area contributed by atoms with E-state index in [0.29, 0.717) is 11.4 Å². The van der Waals surface area contributed by atoms with Crippen molar-refractivity contribution < 1.29 is 9.84 Å². The first-order valence-electron chi connectivity index (χ1n) is 7.34. The predicted molar refractivity (Wildman–Crippen MR) is 89.8 cm³/mol. The molecule has 2 atom stereocenters. The first-order valence-corrected chi connectivity index (χ1v) is 8.51. The number of rotatable bonds is 5. The summed E-state index contributed by atoms with van der Waals surface area (Å²) in [5.41, 5.74) is 0.740. The second-order valence-electron chi connectivity index (χ2n) is 6.00. The maximum Gasteiger partial charge on any atom is 0.0816 e. The summed E-state index contributed by atoms with van der Waals surface area (Å²) in [4.78, 5) is 2.36. The van der Waals surface area contributed by atoms with E-state index in [2.05, 4.69) is 27.8 Å². The van der Waals surface area contributed by atoms with Gasteiger partial charge in [-0.3, -0.25) is 0 Å². The summed E-state index contributed by atoms with van der Waals surface area (Å²) in [6.45, 7) is 5.00. The number of benzene rings is 1. The molecule has 1 aromatic rings. The van der Waals surface area contributed by atoms with Gasteiger partial charge in [0.05, 0.1) is 11.7 Å². The smallest absolute Gasteiger partial charge is 0.0816 e. The number of aliphatic hydroxyl groups excluding tert-OH is 1. The third-order valence-corrected chi connectivity index (χ3v) is 5.09. The molecule has 0 bridgehead atoms.